The Hall–Kier alpha value is -2.73. The summed E-state index contributed by atoms with van der Waals surface area (Å²) in [6.07, 6.45) is 3.65. The molecule has 0 atom stereocenters. The third-order valence-corrected chi connectivity index (χ3v) is 4.87. The molecule has 0 aliphatic heterocycles. The lowest BCUT2D eigenvalue weighted by atomic mass is 10.1. The molecule has 1 heterocycles. The molecule has 26 heavy (non-hydrogen) atoms. The first-order chi connectivity index (χ1) is 12.7. The van der Waals surface area contributed by atoms with Gasteiger partial charge >= 0.3 is 0 Å². The van der Waals surface area contributed by atoms with Crippen LogP contribution in [0.4, 0.5) is 0 Å². The highest BCUT2D eigenvalue weighted by molar-refractivity contribution is 7.99. The Morgan fingerprint density at radius 2 is 1.77 bits per heavy atom. The van der Waals surface area contributed by atoms with Crippen LogP contribution in [0.5, 0.6) is 0 Å². The van der Waals surface area contributed by atoms with Gasteiger partial charge in [0.05, 0.1) is 17.6 Å². The molecule has 0 spiro atoms. The molecule has 0 unspecified atom stereocenters. The second kappa shape index (κ2) is 9.10. The van der Waals surface area contributed by atoms with Gasteiger partial charge in [-0.1, -0.05) is 72.4 Å². The van der Waals surface area contributed by atoms with Crippen molar-refractivity contribution in [3.8, 4) is 11.3 Å². The van der Waals surface area contributed by atoms with Crippen LogP contribution in [0.1, 0.15) is 12.0 Å². The van der Waals surface area contributed by atoms with Crippen molar-refractivity contribution in [3.63, 3.8) is 0 Å². The predicted molar refractivity (Wildman–Crippen MR) is 106 cm³/mol. The van der Waals surface area contributed by atoms with Crippen molar-refractivity contribution in [1.82, 2.24) is 15.0 Å². The van der Waals surface area contributed by atoms with Crippen molar-refractivity contribution in [3.05, 3.63) is 72.4 Å². The smallest absolute Gasteiger partial charge is 0.230 e. The van der Waals surface area contributed by atoms with E-state index in [0.717, 1.165) is 24.1 Å². The summed E-state index contributed by atoms with van der Waals surface area (Å²) in [5.74, 6) is 6.24. The highest BCUT2D eigenvalue weighted by atomic mass is 32.2. The van der Waals surface area contributed by atoms with Crippen LogP contribution in [0.15, 0.2) is 72.0 Å². The van der Waals surface area contributed by atoms with Crippen LogP contribution in [0.25, 0.3) is 11.3 Å². The summed E-state index contributed by atoms with van der Waals surface area (Å²) in [7, 11) is 0. The van der Waals surface area contributed by atoms with E-state index in [1.54, 1.807) is 6.20 Å². The lowest BCUT2D eigenvalue weighted by Crippen LogP contribution is -2.26. The SMILES string of the molecule is Nn1cc(-c2ccccc2)nc1SCC(=O)NCCCc1ccccc1. The fraction of sp³-hybridized carbons (Fsp3) is 0.200. The molecule has 5 nitrogen and oxygen atoms in total. The van der Waals surface area contributed by atoms with Gasteiger partial charge in [-0.2, -0.15) is 0 Å². The summed E-state index contributed by atoms with van der Waals surface area (Å²) in [6.45, 7) is 0.667. The third kappa shape index (κ3) is 5.13. The van der Waals surface area contributed by atoms with E-state index in [0.29, 0.717) is 17.5 Å². The van der Waals surface area contributed by atoms with Gasteiger partial charge < -0.3 is 11.2 Å². The number of nitrogen functional groups attached to an aromatic ring is 1. The highest BCUT2D eigenvalue weighted by Gasteiger charge is 2.10. The van der Waals surface area contributed by atoms with Crippen LogP contribution in [0.3, 0.4) is 0 Å². The zero-order chi connectivity index (χ0) is 18.2. The number of hydrogen-bond donors (Lipinski definition) is 2. The molecule has 6 heteroatoms. The molecule has 134 valence electrons. The van der Waals surface area contributed by atoms with E-state index in [1.165, 1.54) is 22.0 Å². The molecule has 2 aromatic carbocycles. The number of aryl methyl sites for hydroxylation is 1. The largest absolute Gasteiger partial charge is 0.355 e. The summed E-state index contributed by atoms with van der Waals surface area (Å²) in [6, 6.07) is 20.1. The molecule has 0 radical (unpaired) electrons. The zero-order valence-corrected chi connectivity index (χ0v) is 15.3. The van der Waals surface area contributed by atoms with E-state index in [9.17, 15) is 4.79 Å². The number of aromatic nitrogens is 2. The Kier molecular flexibility index (Phi) is 6.33. The van der Waals surface area contributed by atoms with Crippen LogP contribution in [0, 0.1) is 0 Å². The zero-order valence-electron chi connectivity index (χ0n) is 14.5. The number of carbonyl (C=O) groups is 1. The molecule has 0 bridgehead atoms. The number of carbonyl (C=O) groups excluding carboxylic acids is 1. The number of nitrogens with two attached hydrogens (primary N) is 1. The van der Waals surface area contributed by atoms with Crippen LogP contribution in [-0.4, -0.2) is 27.9 Å². The maximum absolute atomic E-state index is 12.0. The first-order valence-electron chi connectivity index (χ1n) is 8.55. The first kappa shape index (κ1) is 18.1. The highest BCUT2D eigenvalue weighted by Crippen LogP contribution is 2.22. The average molecular weight is 366 g/mol. The summed E-state index contributed by atoms with van der Waals surface area (Å²) in [4.78, 5) is 16.5. The summed E-state index contributed by atoms with van der Waals surface area (Å²) in [5, 5.41) is 3.57. The monoisotopic (exact) mass is 366 g/mol. The first-order valence-corrected chi connectivity index (χ1v) is 9.54. The van der Waals surface area contributed by atoms with Gasteiger partial charge in [0, 0.05) is 12.1 Å². The minimum Gasteiger partial charge on any atom is -0.355 e. The van der Waals surface area contributed by atoms with Crippen LogP contribution >= 0.6 is 11.8 Å². The fourth-order valence-corrected chi connectivity index (χ4v) is 3.30. The van der Waals surface area contributed by atoms with Gasteiger partial charge in [-0.3, -0.25) is 4.79 Å². The minimum atomic E-state index is -0.00711. The van der Waals surface area contributed by atoms with Crippen molar-refractivity contribution in [2.24, 2.45) is 0 Å². The predicted octanol–water partition coefficient (Wildman–Crippen LogP) is 3.11. The Morgan fingerprint density at radius 1 is 1.08 bits per heavy atom. The normalized spacial score (nSPS) is 10.6. The van der Waals surface area contributed by atoms with Gasteiger partial charge in [0.1, 0.15) is 0 Å². The molecule has 1 aromatic heterocycles. The Morgan fingerprint density at radius 3 is 2.50 bits per heavy atom. The van der Waals surface area contributed by atoms with Gasteiger partial charge in [-0.15, -0.1) is 0 Å². The molecule has 0 saturated carbocycles. The standard InChI is InChI=1S/C20H22N4OS/c21-24-14-18(17-11-5-2-6-12-17)23-20(24)26-15-19(25)22-13-7-10-16-8-3-1-4-9-16/h1-6,8-9,11-12,14H,7,10,13,15,21H2,(H,22,25). The van der Waals surface area contributed by atoms with Crippen molar-refractivity contribution < 1.29 is 4.79 Å². The lowest BCUT2D eigenvalue weighted by Gasteiger charge is -2.05. The van der Waals surface area contributed by atoms with Gasteiger partial charge in [0.15, 0.2) is 5.16 Å². The Balaban J connectivity index is 1.42. The number of nitrogens with zero attached hydrogens (tertiary/aromatic N) is 2. The quantitative estimate of drug-likeness (QED) is 0.365. The number of nitrogens with one attached hydrogen (secondary N) is 1. The summed E-state index contributed by atoms with van der Waals surface area (Å²) >= 11 is 1.34. The Bertz CT molecular complexity index is 834. The van der Waals surface area contributed by atoms with Gasteiger partial charge in [0.2, 0.25) is 5.91 Å². The van der Waals surface area contributed by atoms with Crippen molar-refractivity contribution in [2.45, 2.75) is 18.0 Å². The lowest BCUT2D eigenvalue weighted by molar-refractivity contribution is -0.118. The number of thioether (sulfide) groups is 1. The fourth-order valence-electron chi connectivity index (χ4n) is 2.58. The van der Waals surface area contributed by atoms with Crippen LogP contribution in [-0.2, 0) is 11.2 Å². The van der Waals surface area contributed by atoms with E-state index in [1.807, 2.05) is 48.5 Å². The van der Waals surface area contributed by atoms with Crippen molar-refractivity contribution in [2.75, 3.05) is 18.1 Å². The molecule has 0 aliphatic rings. The molecule has 0 fully saturated rings. The molecule has 0 saturated heterocycles. The van der Waals surface area contributed by atoms with E-state index < -0.39 is 0 Å². The number of hydrogen-bond acceptors (Lipinski definition) is 4. The topological polar surface area (TPSA) is 72.9 Å². The Labute approximate surface area is 157 Å². The second-order valence-electron chi connectivity index (χ2n) is 5.91. The molecular formula is C20H22N4OS. The van der Waals surface area contributed by atoms with Crippen molar-refractivity contribution >= 4 is 17.7 Å². The minimum absolute atomic E-state index is 0.00711. The third-order valence-electron chi connectivity index (χ3n) is 3.91. The van der Waals surface area contributed by atoms with Gasteiger partial charge in [0.25, 0.3) is 0 Å². The van der Waals surface area contributed by atoms with Crippen molar-refractivity contribution in [1.29, 1.82) is 0 Å². The van der Waals surface area contributed by atoms with E-state index >= 15 is 0 Å². The van der Waals surface area contributed by atoms with Gasteiger partial charge in [-0.25, -0.2) is 9.66 Å². The number of rotatable bonds is 8. The molecule has 0 aliphatic carbocycles. The average Bonchev–Trinajstić information content (AvgIpc) is 3.06. The maximum Gasteiger partial charge on any atom is 0.230 e. The van der Waals surface area contributed by atoms with E-state index in [2.05, 4.69) is 22.4 Å². The number of benzene rings is 2. The summed E-state index contributed by atoms with van der Waals surface area (Å²) < 4.78 is 1.47. The molecule has 1 amide bonds. The summed E-state index contributed by atoms with van der Waals surface area (Å²) in [5.41, 5.74) is 3.09. The molecule has 3 aromatic rings. The van der Waals surface area contributed by atoms with Crippen LogP contribution < -0.4 is 11.2 Å². The number of amides is 1. The maximum atomic E-state index is 12.0. The molecule has 3 N–H and O–H groups in total. The number of imidazole rings is 1. The van der Waals surface area contributed by atoms with Crippen LogP contribution in [0.2, 0.25) is 0 Å². The molecular weight excluding hydrogens is 344 g/mol. The van der Waals surface area contributed by atoms with E-state index in [-0.39, 0.29) is 5.91 Å². The van der Waals surface area contributed by atoms with E-state index in [4.69, 9.17) is 5.84 Å². The van der Waals surface area contributed by atoms with Gasteiger partial charge in [-0.05, 0) is 18.4 Å². The molecule has 3 rings (SSSR count). The second-order valence-corrected chi connectivity index (χ2v) is 6.85.